The minimum absolute atomic E-state index is 0.00546. The van der Waals surface area contributed by atoms with Crippen molar-refractivity contribution in [3.05, 3.63) is 120 Å². The van der Waals surface area contributed by atoms with Crippen LogP contribution in [0.3, 0.4) is 0 Å². The molecule has 0 bridgehead atoms. The monoisotopic (exact) mass is 451 g/mol. The summed E-state index contributed by atoms with van der Waals surface area (Å²) in [7, 11) is 0. The fourth-order valence-electron chi connectivity index (χ4n) is 3.85. The van der Waals surface area contributed by atoms with Gasteiger partial charge in [0.15, 0.2) is 0 Å². The first-order valence-electron chi connectivity index (χ1n) is 11.0. The third kappa shape index (κ3) is 6.07. The summed E-state index contributed by atoms with van der Waals surface area (Å²) < 4.78 is 0. The third-order valence-corrected chi connectivity index (χ3v) is 5.48. The fourth-order valence-corrected chi connectivity index (χ4v) is 3.85. The molecular weight excluding hydrogens is 426 g/mol. The van der Waals surface area contributed by atoms with Crippen molar-refractivity contribution in [2.45, 2.75) is 18.9 Å². The van der Waals surface area contributed by atoms with Gasteiger partial charge in [0.2, 0.25) is 0 Å². The van der Waals surface area contributed by atoms with Crippen LogP contribution in [0.1, 0.15) is 29.2 Å². The molecule has 170 valence electrons. The lowest BCUT2D eigenvalue weighted by atomic mass is 9.87. The van der Waals surface area contributed by atoms with Gasteiger partial charge in [0.25, 0.3) is 0 Å². The SMILES string of the molecule is O=C(O)CC(c1ccccc1)c1cccc(-c2cccc(NC(=O)NCc3ccccn3)c2)c1. The summed E-state index contributed by atoms with van der Waals surface area (Å²) in [5.41, 5.74) is 5.19. The molecule has 34 heavy (non-hydrogen) atoms. The van der Waals surface area contributed by atoms with Crippen LogP contribution in [0.15, 0.2) is 103 Å². The number of nitrogens with zero attached hydrogens (tertiary/aromatic N) is 1. The summed E-state index contributed by atoms with van der Waals surface area (Å²) in [6, 6.07) is 30.3. The Hall–Kier alpha value is -4.45. The van der Waals surface area contributed by atoms with Crippen LogP contribution in [0.2, 0.25) is 0 Å². The molecule has 2 amide bonds. The van der Waals surface area contributed by atoms with Crippen LogP contribution < -0.4 is 10.6 Å². The average molecular weight is 452 g/mol. The first-order valence-corrected chi connectivity index (χ1v) is 11.0. The number of pyridine rings is 1. The molecule has 0 spiro atoms. The van der Waals surface area contributed by atoms with Gasteiger partial charge in [-0.15, -0.1) is 0 Å². The largest absolute Gasteiger partial charge is 0.481 e. The maximum Gasteiger partial charge on any atom is 0.319 e. The van der Waals surface area contributed by atoms with Crippen LogP contribution in [0.25, 0.3) is 11.1 Å². The van der Waals surface area contributed by atoms with Crippen molar-refractivity contribution in [1.29, 1.82) is 0 Å². The molecule has 0 saturated carbocycles. The maximum atomic E-state index is 12.3. The molecule has 1 atom stereocenters. The summed E-state index contributed by atoms with van der Waals surface area (Å²) in [6.07, 6.45) is 1.69. The van der Waals surface area contributed by atoms with E-state index in [2.05, 4.69) is 15.6 Å². The molecule has 4 aromatic rings. The van der Waals surface area contributed by atoms with Gasteiger partial charge in [-0.05, 0) is 46.5 Å². The standard InChI is InChI=1S/C28H25N3O3/c32-27(33)18-26(20-8-2-1-3-9-20)23-12-6-10-21(16-23)22-11-7-14-24(17-22)31-28(34)30-19-25-13-4-5-15-29-25/h1-17,26H,18-19H2,(H,32,33)(H2,30,31,34). The minimum Gasteiger partial charge on any atom is -0.481 e. The molecule has 0 saturated heterocycles. The molecule has 3 N–H and O–H groups in total. The van der Waals surface area contributed by atoms with E-state index in [1.807, 2.05) is 97.1 Å². The van der Waals surface area contributed by atoms with E-state index in [0.29, 0.717) is 12.2 Å². The zero-order chi connectivity index (χ0) is 23.8. The van der Waals surface area contributed by atoms with Gasteiger partial charge >= 0.3 is 12.0 Å². The minimum atomic E-state index is -0.845. The first-order chi connectivity index (χ1) is 16.6. The number of urea groups is 1. The van der Waals surface area contributed by atoms with E-state index in [1.54, 1.807) is 6.20 Å². The van der Waals surface area contributed by atoms with Crippen LogP contribution in [-0.4, -0.2) is 22.1 Å². The molecule has 3 aromatic carbocycles. The molecule has 0 fully saturated rings. The van der Waals surface area contributed by atoms with Crippen molar-refractivity contribution in [2.24, 2.45) is 0 Å². The number of aliphatic carboxylic acids is 1. The molecule has 1 heterocycles. The van der Waals surface area contributed by atoms with E-state index in [9.17, 15) is 14.7 Å². The van der Waals surface area contributed by atoms with Gasteiger partial charge in [-0.3, -0.25) is 9.78 Å². The molecule has 6 nitrogen and oxygen atoms in total. The highest BCUT2D eigenvalue weighted by molar-refractivity contribution is 5.90. The number of rotatable bonds is 8. The number of hydrogen-bond acceptors (Lipinski definition) is 3. The van der Waals surface area contributed by atoms with Crippen LogP contribution in [0.5, 0.6) is 0 Å². The molecular formula is C28H25N3O3. The van der Waals surface area contributed by atoms with Gasteiger partial charge in [0.1, 0.15) is 0 Å². The Labute approximate surface area is 198 Å². The molecule has 1 aromatic heterocycles. The number of hydrogen-bond donors (Lipinski definition) is 3. The van der Waals surface area contributed by atoms with Crippen LogP contribution >= 0.6 is 0 Å². The Morgan fingerprint density at radius 2 is 1.50 bits per heavy atom. The van der Waals surface area contributed by atoms with E-state index in [-0.39, 0.29) is 18.4 Å². The first kappa shape index (κ1) is 22.7. The smallest absolute Gasteiger partial charge is 0.319 e. The normalized spacial score (nSPS) is 11.4. The fraction of sp³-hybridized carbons (Fsp3) is 0.107. The number of anilines is 1. The number of amides is 2. The average Bonchev–Trinajstić information content (AvgIpc) is 2.87. The van der Waals surface area contributed by atoms with Crippen molar-refractivity contribution >= 4 is 17.7 Å². The van der Waals surface area contributed by atoms with E-state index in [0.717, 1.165) is 27.9 Å². The van der Waals surface area contributed by atoms with Gasteiger partial charge < -0.3 is 15.7 Å². The summed E-state index contributed by atoms with van der Waals surface area (Å²) in [6.45, 7) is 0.332. The highest BCUT2D eigenvalue weighted by Gasteiger charge is 2.18. The van der Waals surface area contributed by atoms with Crippen molar-refractivity contribution in [3.8, 4) is 11.1 Å². The van der Waals surface area contributed by atoms with Gasteiger partial charge in [0, 0.05) is 17.8 Å². The van der Waals surface area contributed by atoms with Crippen molar-refractivity contribution in [2.75, 3.05) is 5.32 Å². The molecule has 0 aliphatic rings. The second-order valence-corrected chi connectivity index (χ2v) is 7.90. The second-order valence-electron chi connectivity index (χ2n) is 7.90. The van der Waals surface area contributed by atoms with E-state index < -0.39 is 5.97 Å². The lowest BCUT2D eigenvalue weighted by Crippen LogP contribution is -2.28. The van der Waals surface area contributed by atoms with E-state index in [4.69, 9.17) is 0 Å². The Kier molecular flexibility index (Phi) is 7.30. The zero-order valence-electron chi connectivity index (χ0n) is 18.5. The number of nitrogens with one attached hydrogen (secondary N) is 2. The zero-order valence-corrected chi connectivity index (χ0v) is 18.5. The summed E-state index contributed by atoms with van der Waals surface area (Å²) in [5, 5.41) is 15.1. The Bertz CT molecular complexity index is 1260. The summed E-state index contributed by atoms with van der Waals surface area (Å²) in [4.78, 5) is 28.1. The summed E-state index contributed by atoms with van der Waals surface area (Å²) in [5.74, 6) is -1.10. The van der Waals surface area contributed by atoms with Crippen LogP contribution in [-0.2, 0) is 11.3 Å². The summed E-state index contributed by atoms with van der Waals surface area (Å²) >= 11 is 0. The van der Waals surface area contributed by atoms with Crippen molar-refractivity contribution < 1.29 is 14.7 Å². The number of aromatic nitrogens is 1. The Morgan fingerprint density at radius 1 is 0.794 bits per heavy atom. The van der Waals surface area contributed by atoms with Gasteiger partial charge in [-0.1, -0.05) is 72.8 Å². The number of carboxylic acids is 1. The van der Waals surface area contributed by atoms with Crippen molar-refractivity contribution in [1.82, 2.24) is 10.3 Å². The third-order valence-electron chi connectivity index (χ3n) is 5.48. The highest BCUT2D eigenvalue weighted by atomic mass is 16.4. The predicted octanol–water partition coefficient (Wildman–Crippen LogP) is 5.68. The number of carboxylic acid groups (broad SMARTS) is 1. The van der Waals surface area contributed by atoms with Gasteiger partial charge in [0.05, 0.1) is 18.7 Å². The quantitative estimate of drug-likeness (QED) is 0.322. The lowest BCUT2D eigenvalue weighted by Gasteiger charge is -2.17. The van der Waals surface area contributed by atoms with Crippen LogP contribution in [0.4, 0.5) is 10.5 Å². The number of carbonyl (C=O) groups is 2. The Morgan fingerprint density at radius 3 is 2.24 bits per heavy atom. The highest BCUT2D eigenvalue weighted by Crippen LogP contribution is 2.31. The maximum absolute atomic E-state index is 12.3. The van der Waals surface area contributed by atoms with Crippen molar-refractivity contribution in [3.63, 3.8) is 0 Å². The van der Waals surface area contributed by atoms with Gasteiger partial charge in [-0.25, -0.2) is 4.79 Å². The molecule has 0 radical (unpaired) electrons. The predicted molar refractivity (Wildman–Crippen MR) is 133 cm³/mol. The van der Waals surface area contributed by atoms with E-state index in [1.165, 1.54) is 0 Å². The van der Waals surface area contributed by atoms with E-state index >= 15 is 0 Å². The molecule has 6 heteroatoms. The van der Waals surface area contributed by atoms with Crippen LogP contribution in [0, 0.1) is 0 Å². The molecule has 0 aliphatic heterocycles. The number of carbonyl (C=O) groups excluding carboxylic acids is 1. The van der Waals surface area contributed by atoms with Gasteiger partial charge in [-0.2, -0.15) is 0 Å². The lowest BCUT2D eigenvalue weighted by molar-refractivity contribution is -0.137. The Balaban J connectivity index is 1.51. The molecule has 1 unspecified atom stereocenters. The molecule has 0 aliphatic carbocycles. The number of benzene rings is 3. The molecule has 4 rings (SSSR count). The second kappa shape index (κ2) is 10.9. The topological polar surface area (TPSA) is 91.3 Å².